The van der Waals surface area contributed by atoms with Gasteiger partial charge in [-0.25, -0.2) is 9.18 Å². The number of carbonyl (C=O) groups is 1. The van der Waals surface area contributed by atoms with Crippen molar-refractivity contribution in [2.45, 2.75) is 6.42 Å². The monoisotopic (exact) mass is 261 g/mol. The second-order valence-electron chi connectivity index (χ2n) is 3.87. The van der Waals surface area contributed by atoms with Gasteiger partial charge in [0.2, 0.25) is 0 Å². The minimum absolute atomic E-state index is 0.304. The fraction of sp³-hybridized carbons (Fsp3) is 0.143. The van der Waals surface area contributed by atoms with Gasteiger partial charge >= 0.3 is 5.97 Å². The van der Waals surface area contributed by atoms with E-state index in [1.54, 1.807) is 6.20 Å². The Labute approximate surface area is 109 Å². The van der Waals surface area contributed by atoms with Gasteiger partial charge in [0.1, 0.15) is 11.6 Å². The van der Waals surface area contributed by atoms with Crippen LogP contribution in [0.4, 0.5) is 4.39 Å². The molecule has 5 heteroatoms. The van der Waals surface area contributed by atoms with Gasteiger partial charge in [0.05, 0.1) is 12.2 Å². The van der Waals surface area contributed by atoms with E-state index >= 15 is 0 Å². The van der Waals surface area contributed by atoms with Crippen LogP contribution < -0.4 is 4.74 Å². The van der Waals surface area contributed by atoms with Crippen LogP contribution in [-0.4, -0.2) is 22.7 Å². The molecule has 0 aliphatic carbocycles. The number of carboxylic acid groups (broad SMARTS) is 1. The molecule has 2 aromatic rings. The summed E-state index contributed by atoms with van der Waals surface area (Å²) in [7, 11) is 0. The van der Waals surface area contributed by atoms with E-state index < -0.39 is 11.8 Å². The van der Waals surface area contributed by atoms with E-state index in [9.17, 15) is 9.18 Å². The van der Waals surface area contributed by atoms with Gasteiger partial charge in [-0.05, 0) is 24.3 Å². The van der Waals surface area contributed by atoms with Gasteiger partial charge in [-0.3, -0.25) is 4.98 Å². The minimum atomic E-state index is -1.29. The third kappa shape index (κ3) is 3.51. The van der Waals surface area contributed by atoms with Crippen molar-refractivity contribution in [1.29, 1.82) is 0 Å². The molecule has 0 fully saturated rings. The number of pyridine rings is 1. The summed E-state index contributed by atoms with van der Waals surface area (Å²) in [6, 6.07) is 9.27. The Morgan fingerprint density at radius 1 is 1.32 bits per heavy atom. The standard InChI is InChI=1S/C14H12FNO3/c15-13-9-11(4-5-12(13)14(17)18)19-8-6-10-3-1-2-7-16-10/h1-5,7,9H,6,8H2,(H,17,18). The molecule has 0 unspecified atom stereocenters. The third-order valence-electron chi connectivity index (χ3n) is 2.52. The van der Waals surface area contributed by atoms with E-state index in [-0.39, 0.29) is 5.56 Å². The summed E-state index contributed by atoms with van der Waals surface area (Å²) in [5, 5.41) is 8.69. The molecular weight excluding hydrogens is 249 g/mol. The zero-order chi connectivity index (χ0) is 13.7. The van der Waals surface area contributed by atoms with Gasteiger partial charge < -0.3 is 9.84 Å². The van der Waals surface area contributed by atoms with Crippen LogP contribution in [-0.2, 0) is 6.42 Å². The van der Waals surface area contributed by atoms with Crippen LogP contribution in [0.1, 0.15) is 16.1 Å². The summed E-state index contributed by atoms with van der Waals surface area (Å²) in [5.74, 6) is -1.79. The number of hydrogen-bond donors (Lipinski definition) is 1. The smallest absolute Gasteiger partial charge is 0.338 e. The highest BCUT2D eigenvalue weighted by Crippen LogP contribution is 2.16. The molecule has 0 saturated heterocycles. The molecule has 1 aromatic carbocycles. The average Bonchev–Trinajstić information content (AvgIpc) is 2.39. The average molecular weight is 261 g/mol. The molecule has 0 amide bonds. The van der Waals surface area contributed by atoms with E-state index in [1.807, 2.05) is 18.2 Å². The Morgan fingerprint density at radius 2 is 2.16 bits per heavy atom. The Balaban J connectivity index is 1.93. The first-order valence-corrected chi connectivity index (χ1v) is 5.72. The molecule has 0 aliphatic heterocycles. The number of aromatic carboxylic acids is 1. The molecule has 2 rings (SSSR count). The van der Waals surface area contributed by atoms with Gasteiger partial charge in [-0.2, -0.15) is 0 Å². The number of rotatable bonds is 5. The SMILES string of the molecule is O=C(O)c1ccc(OCCc2ccccn2)cc1F. The number of benzene rings is 1. The van der Waals surface area contributed by atoms with Gasteiger partial charge in [0.25, 0.3) is 0 Å². The van der Waals surface area contributed by atoms with E-state index in [4.69, 9.17) is 9.84 Å². The van der Waals surface area contributed by atoms with Crippen LogP contribution in [0.2, 0.25) is 0 Å². The van der Waals surface area contributed by atoms with Gasteiger partial charge in [0, 0.05) is 24.4 Å². The van der Waals surface area contributed by atoms with E-state index in [2.05, 4.69) is 4.98 Å². The van der Waals surface area contributed by atoms with Crippen LogP contribution in [0.25, 0.3) is 0 Å². The number of ether oxygens (including phenoxy) is 1. The number of carboxylic acids is 1. The molecule has 0 saturated carbocycles. The molecule has 1 heterocycles. The summed E-state index contributed by atoms with van der Waals surface area (Å²) in [4.78, 5) is 14.8. The first kappa shape index (κ1) is 13.0. The number of halogens is 1. The lowest BCUT2D eigenvalue weighted by Crippen LogP contribution is -2.04. The third-order valence-corrected chi connectivity index (χ3v) is 2.52. The Morgan fingerprint density at radius 3 is 2.79 bits per heavy atom. The van der Waals surface area contributed by atoms with Crippen molar-refractivity contribution in [2.24, 2.45) is 0 Å². The Bertz CT molecular complexity index is 572. The molecule has 98 valence electrons. The van der Waals surface area contributed by atoms with Crippen molar-refractivity contribution >= 4 is 5.97 Å². The highest BCUT2D eigenvalue weighted by atomic mass is 19.1. The van der Waals surface area contributed by atoms with Crippen LogP contribution in [0.15, 0.2) is 42.6 Å². The van der Waals surface area contributed by atoms with Crippen molar-refractivity contribution in [3.05, 3.63) is 59.7 Å². The maximum Gasteiger partial charge on any atom is 0.338 e. The summed E-state index contributed by atoms with van der Waals surface area (Å²) in [5.41, 5.74) is 0.516. The topological polar surface area (TPSA) is 59.4 Å². The van der Waals surface area contributed by atoms with Gasteiger partial charge in [-0.15, -0.1) is 0 Å². The maximum atomic E-state index is 13.4. The maximum absolute atomic E-state index is 13.4. The first-order chi connectivity index (χ1) is 9.16. The van der Waals surface area contributed by atoms with E-state index in [1.165, 1.54) is 12.1 Å². The van der Waals surface area contributed by atoms with Crippen molar-refractivity contribution < 1.29 is 19.0 Å². The molecule has 0 spiro atoms. The molecule has 4 nitrogen and oxygen atoms in total. The lowest BCUT2D eigenvalue weighted by atomic mass is 10.2. The highest BCUT2D eigenvalue weighted by molar-refractivity contribution is 5.88. The molecule has 1 aromatic heterocycles. The minimum Gasteiger partial charge on any atom is -0.493 e. The summed E-state index contributed by atoms with van der Waals surface area (Å²) in [6.45, 7) is 0.350. The zero-order valence-corrected chi connectivity index (χ0v) is 10.0. The second kappa shape index (κ2) is 5.95. The second-order valence-corrected chi connectivity index (χ2v) is 3.87. The lowest BCUT2D eigenvalue weighted by molar-refractivity contribution is 0.0692. The van der Waals surface area contributed by atoms with Crippen LogP contribution in [0, 0.1) is 5.82 Å². The van der Waals surface area contributed by atoms with Gasteiger partial charge in [0.15, 0.2) is 0 Å². The normalized spacial score (nSPS) is 10.2. The van der Waals surface area contributed by atoms with Crippen molar-refractivity contribution in [3.63, 3.8) is 0 Å². The Hall–Kier alpha value is -2.43. The predicted octanol–water partition coefficient (Wildman–Crippen LogP) is 2.54. The Kier molecular flexibility index (Phi) is 4.07. The van der Waals surface area contributed by atoms with Crippen molar-refractivity contribution in [1.82, 2.24) is 4.98 Å². The van der Waals surface area contributed by atoms with Crippen LogP contribution in [0.5, 0.6) is 5.75 Å². The number of nitrogens with zero attached hydrogens (tertiary/aromatic N) is 1. The van der Waals surface area contributed by atoms with Crippen LogP contribution >= 0.6 is 0 Å². The molecule has 19 heavy (non-hydrogen) atoms. The van der Waals surface area contributed by atoms with Crippen LogP contribution in [0.3, 0.4) is 0 Å². The molecular formula is C14H12FNO3. The fourth-order valence-electron chi connectivity index (χ4n) is 1.58. The van der Waals surface area contributed by atoms with Crippen molar-refractivity contribution in [2.75, 3.05) is 6.61 Å². The van der Waals surface area contributed by atoms with E-state index in [0.717, 1.165) is 11.8 Å². The molecule has 0 atom stereocenters. The largest absolute Gasteiger partial charge is 0.493 e. The number of hydrogen-bond acceptors (Lipinski definition) is 3. The zero-order valence-electron chi connectivity index (χ0n) is 10.0. The first-order valence-electron chi connectivity index (χ1n) is 5.72. The summed E-state index contributed by atoms with van der Waals surface area (Å²) >= 11 is 0. The fourth-order valence-corrected chi connectivity index (χ4v) is 1.58. The van der Waals surface area contributed by atoms with Crippen molar-refractivity contribution in [3.8, 4) is 5.75 Å². The summed E-state index contributed by atoms with van der Waals surface area (Å²) < 4.78 is 18.7. The van der Waals surface area contributed by atoms with E-state index in [0.29, 0.717) is 18.8 Å². The quantitative estimate of drug-likeness (QED) is 0.898. The molecule has 0 radical (unpaired) electrons. The molecule has 0 bridgehead atoms. The molecule has 1 N–H and O–H groups in total. The predicted molar refractivity (Wildman–Crippen MR) is 66.8 cm³/mol. The highest BCUT2D eigenvalue weighted by Gasteiger charge is 2.10. The lowest BCUT2D eigenvalue weighted by Gasteiger charge is -2.06. The molecule has 0 aliphatic rings. The van der Waals surface area contributed by atoms with Gasteiger partial charge in [-0.1, -0.05) is 6.07 Å². The summed E-state index contributed by atoms with van der Waals surface area (Å²) in [6.07, 6.45) is 2.29. The number of aromatic nitrogens is 1.